The minimum absolute atomic E-state index is 0. The lowest BCUT2D eigenvalue weighted by Gasteiger charge is -2.17. The predicted octanol–water partition coefficient (Wildman–Crippen LogP) is 0.748. The first-order chi connectivity index (χ1) is 10.2. The molecule has 130 valence electrons. The molecule has 8 nitrogen and oxygen atoms in total. The van der Waals surface area contributed by atoms with Crippen LogP contribution in [0.3, 0.4) is 0 Å². The van der Waals surface area contributed by atoms with E-state index < -0.39 is 0 Å². The van der Waals surface area contributed by atoms with E-state index in [0.717, 1.165) is 25.0 Å². The Morgan fingerprint density at radius 3 is 2.74 bits per heavy atom. The second-order valence-electron chi connectivity index (χ2n) is 4.75. The lowest BCUT2D eigenvalue weighted by molar-refractivity contribution is -0.119. The van der Waals surface area contributed by atoms with Crippen LogP contribution in [0.1, 0.15) is 13.3 Å². The number of hydrogen-bond acceptors (Lipinski definition) is 6. The average Bonchev–Trinajstić information content (AvgIpc) is 2.95. The molecule has 0 bridgehead atoms. The molecule has 0 saturated carbocycles. The summed E-state index contributed by atoms with van der Waals surface area (Å²) in [7, 11) is 1.82. The number of aromatic nitrogens is 4. The molecule has 2 rings (SSSR count). The second-order valence-corrected chi connectivity index (χ2v) is 4.75. The minimum atomic E-state index is -0.0397. The van der Waals surface area contributed by atoms with Crippen LogP contribution in [0.15, 0.2) is 12.7 Å². The third kappa shape index (κ3) is 6.17. The Hall–Kier alpha value is -1.64. The quantitative estimate of drug-likeness (QED) is 0.598. The fourth-order valence-corrected chi connectivity index (χ4v) is 1.98. The molecule has 0 aromatic carbocycles. The number of amides is 1. The highest BCUT2D eigenvalue weighted by Crippen LogP contribution is 2.17. The zero-order valence-electron chi connectivity index (χ0n) is 13.2. The predicted molar refractivity (Wildman–Crippen MR) is 95.6 cm³/mol. The maximum Gasteiger partial charge on any atom is 0.239 e. The van der Waals surface area contributed by atoms with Gasteiger partial charge in [-0.3, -0.25) is 4.79 Å². The number of hydrogen-bond donors (Lipinski definition) is 3. The number of aromatic amines is 1. The molecule has 2 aromatic heterocycles. The summed E-state index contributed by atoms with van der Waals surface area (Å²) in [5.41, 5.74) is 1.33. The summed E-state index contributed by atoms with van der Waals surface area (Å²) in [4.78, 5) is 29.0. The van der Waals surface area contributed by atoms with Crippen molar-refractivity contribution in [3.63, 3.8) is 0 Å². The van der Waals surface area contributed by atoms with Crippen molar-refractivity contribution in [3.8, 4) is 0 Å². The lowest BCUT2D eigenvalue weighted by atomic mass is 10.4. The molecule has 23 heavy (non-hydrogen) atoms. The molecule has 10 heteroatoms. The zero-order valence-corrected chi connectivity index (χ0v) is 14.8. The Labute approximate surface area is 147 Å². The maximum absolute atomic E-state index is 11.9. The highest BCUT2D eigenvalue weighted by molar-refractivity contribution is 5.87. The number of nitrogens with one attached hydrogen (secondary N) is 3. The summed E-state index contributed by atoms with van der Waals surface area (Å²) in [6, 6.07) is 0. The second kappa shape index (κ2) is 11.0. The summed E-state index contributed by atoms with van der Waals surface area (Å²) in [5, 5.41) is 6.11. The largest absolute Gasteiger partial charge is 0.353 e. The van der Waals surface area contributed by atoms with E-state index in [1.807, 2.05) is 7.05 Å². The van der Waals surface area contributed by atoms with Crippen LogP contribution >= 0.6 is 24.8 Å². The van der Waals surface area contributed by atoms with Gasteiger partial charge in [-0.15, -0.1) is 24.8 Å². The van der Waals surface area contributed by atoms with Gasteiger partial charge in [-0.25, -0.2) is 15.0 Å². The molecule has 0 radical (unpaired) electrons. The summed E-state index contributed by atoms with van der Waals surface area (Å²) in [5.74, 6) is 0.624. The van der Waals surface area contributed by atoms with E-state index >= 15 is 0 Å². The number of nitrogens with zero attached hydrogens (tertiary/aromatic N) is 4. The van der Waals surface area contributed by atoms with Crippen LogP contribution in [0.5, 0.6) is 0 Å². The molecule has 0 aliphatic rings. The Balaban J connectivity index is 0.00000242. The van der Waals surface area contributed by atoms with Gasteiger partial charge in [-0.1, -0.05) is 6.92 Å². The Bertz CT molecular complexity index is 592. The number of fused-ring (bicyclic) bond motifs is 1. The van der Waals surface area contributed by atoms with E-state index in [9.17, 15) is 4.79 Å². The third-order valence-corrected chi connectivity index (χ3v) is 3.00. The molecule has 0 unspecified atom stereocenters. The summed E-state index contributed by atoms with van der Waals surface area (Å²) >= 11 is 0. The first kappa shape index (κ1) is 21.4. The number of likely N-dealkylation sites (N-methyl/N-ethyl adjacent to an activating group) is 1. The molecular weight excluding hydrogens is 341 g/mol. The average molecular weight is 364 g/mol. The van der Waals surface area contributed by atoms with Gasteiger partial charge in [0.1, 0.15) is 11.8 Å². The molecular formula is C13H23Cl2N7O. The molecule has 2 aromatic rings. The SMILES string of the molecule is CCCNCCNC(=O)CN(C)c1ncnc2nc[nH]c12.Cl.Cl. The van der Waals surface area contributed by atoms with E-state index in [1.165, 1.54) is 6.33 Å². The van der Waals surface area contributed by atoms with Crippen LogP contribution in [-0.4, -0.2) is 59.1 Å². The van der Waals surface area contributed by atoms with E-state index in [4.69, 9.17) is 0 Å². The number of carbonyl (C=O) groups excluding carboxylic acids is 1. The van der Waals surface area contributed by atoms with E-state index in [2.05, 4.69) is 37.5 Å². The van der Waals surface area contributed by atoms with Crippen molar-refractivity contribution >= 4 is 47.7 Å². The molecule has 2 heterocycles. The molecule has 0 aliphatic heterocycles. The van der Waals surface area contributed by atoms with Gasteiger partial charge < -0.3 is 20.5 Å². The maximum atomic E-state index is 11.9. The van der Waals surface area contributed by atoms with Gasteiger partial charge in [0.15, 0.2) is 11.5 Å². The van der Waals surface area contributed by atoms with Gasteiger partial charge in [-0.05, 0) is 13.0 Å². The number of carbonyl (C=O) groups is 1. The van der Waals surface area contributed by atoms with Crippen molar-refractivity contribution in [2.45, 2.75) is 13.3 Å². The molecule has 0 spiro atoms. The number of anilines is 1. The van der Waals surface area contributed by atoms with Gasteiger partial charge in [-0.2, -0.15) is 0 Å². The van der Waals surface area contributed by atoms with Gasteiger partial charge >= 0.3 is 0 Å². The molecule has 0 saturated heterocycles. The van der Waals surface area contributed by atoms with Crippen LogP contribution in [0.25, 0.3) is 11.2 Å². The molecule has 0 atom stereocenters. The van der Waals surface area contributed by atoms with Gasteiger partial charge in [0.25, 0.3) is 0 Å². The van der Waals surface area contributed by atoms with Gasteiger partial charge in [0.05, 0.1) is 12.9 Å². The van der Waals surface area contributed by atoms with Gasteiger partial charge in [0, 0.05) is 20.1 Å². The first-order valence-electron chi connectivity index (χ1n) is 7.05. The first-order valence-corrected chi connectivity index (χ1v) is 7.05. The van der Waals surface area contributed by atoms with Crippen molar-refractivity contribution in [1.29, 1.82) is 0 Å². The summed E-state index contributed by atoms with van der Waals surface area (Å²) in [6.07, 6.45) is 4.10. The number of halogens is 2. The standard InChI is InChI=1S/C13H21N7O.2ClH/c1-3-4-14-5-6-15-10(21)7-20(2)13-11-12(17-8-16-11)18-9-19-13;;/h8-9,14H,3-7H2,1-2H3,(H,15,21)(H,16,17,18,19);2*1H. The summed E-state index contributed by atoms with van der Waals surface area (Å²) < 4.78 is 0. The van der Waals surface area contributed by atoms with Crippen molar-refractivity contribution in [3.05, 3.63) is 12.7 Å². The Morgan fingerprint density at radius 2 is 2.00 bits per heavy atom. The number of rotatable bonds is 8. The Kier molecular flexibility index (Phi) is 10.2. The molecule has 1 amide bonds. The molecule has 0 fully saturated rings. The van der Waals surface area contributed by atoms with Crippen LogP contribution in [0.2, 0.25) is 0 Å². The van der Waals surface area contributed by atoms with Crippen molar-refractivity contribution < 1.29 is 4.79 Å². The normalized spacial score (nSPS) is 9.83. The highest BCUT2D eigenvalue weighted by Gasteiger charge is 2.13. The number of H-pyrrole nitrogens is 1. The highest BCUT2D eigenvalue weighted by atomic mass is 35.5. The minimum Gasteiger partial charge on any atom is -0.353 e. The van der Waals surface area contributed by atoms with Crippen LogP contribution in [0, 0.1) is 0 Å². The zero-order chi connectivity index (χ0) is 15.1. The van der Waals surface area contributed by atoms with Crippen molar-refractivity contribution in [1.82, 2.24) is 30.6 Å². The third-order valence-electron chi connectivity index (χ3n) is 3.00. The Morgan fingerprint density at radius 1 is 1.22 bits per heavy atom. The monoisotopic (exact) mass is 363 g/mol. The molecule has 0 aliphatic carbocycles. The van der Waals surface area contributed by atoms with Gasteiger partial charge in [0.2, 0.25) is 5.91 Å². The topological polar surface area (TPSA) is 98.8 Å². The smallest absolute Gasteiger partial charge is 0.239 e. The number of imidazole rings is 1. The van der Waals surface area contributed by atoms with Crippen LogP contribution in [-0.2, 0) is 4.79 Å². The molecule has 3 N–H and O–H groups in total. The fourth-order valence-electron chi connectivity index (χ4n) is 1.98. The van der Waals surface area contributed by atoms with E-state index in [-0.39, 0.29) is 37.3 Å². The van der Waals surface area contributed by atoms with E-state index in [1.54, 1.807) is 11.2 Å². The van der Waals surface area contributed by atoms with Crippen LogP contribution < -0.4 is 15.5 Å². The van der Waals surface area contributed by atoms with E-state index in [0.29, 0.717) is 18.0 Å². The lowest BCUT2D eigenvalue weighted by Crippen LogP contribution is -2.38. The fraction of sp³-hybridized carbons (Fsp3) is 0.538. The van der Waals surface area contributed by atoms with Crippen molar-refractivity contribution in [2.24, 2.45) is 0 Å². The van der Waals surface area contributed by atoms with Crippen molar-refractivity contribution in [2.75, 3.05) is 38.1 Å². The van der Waals surface area contributed by atoms with Crippen LogP contribution in [0.4, 0.5) is 5.82 Å². The summed E-state index contributed by atoms with van der Waals surface area (Å²) in [6.45, 7) is 4.71.